The SMILES string of the molecule is CN(CC1CCCN1)c1cccc(C#N)c1. The van der Waals surface area contributed by atoms with E-state index in [0.29, 0.717) is 6.04 Å². The van der Waals surface area contributed by atoms with Crippen LogP contribution in [0.4, 0.5) is 5.69 Å². The van der Waals surface area contributed by atoms with Gasteiger partial charge in [0.1, 0.15) is 0 Å². The molecule has 3 nitrogen and oxygen atoms in total. The van der Waals surface area contributed by atoms with E-state index < -0.39 is 0 Å². The maximum absolute atomic E-state index is 8.85. The summed E-state index contributed by atoms with van der Waals surface area (Å²) in [5.41, 5.74) is 1.84. The summed E-state index contributed by atoms with van der Waals surface area (Å²) in [7, 11) is 2.08. The van der Waals surface area contributed by atoms with E-state index in [4.69, 9.17) is 5.26 Å². The van der Waals surface area contributed by atoms with Gasteiger partial charge in [-0.05, 0) is 37.6 Å². The standard InChI is InChI=1S/C13H17N3/c1-16(10-12-5-3-7-15-12)13-6-2-4-11(8-13)9-14/h2,4,6,8,12,15H,3,5,7,10H2,1H3. The van der Waals surface area contributed by atoms with Crippen molar-refractivity contribution in [3.63, 3.8) is 0 Å². The summed E-state index contributed by atoms with van der Waals surface area (Å²) in [6.45, 7) is 2.14. The monoisotopic (exact) mass is 215 g/mol. The van der Waals surface area contributed by atoms with Crippen LogP contribution in [0.15, 0.2) is 24.3 Å². The van der Waals surface area contributed by atoms with Gasteiger partial charge in [0.05, 0.1) is 11.6 Å². The van der Waals surface area contributed by atoms with Gasteiger partial charge in [-0.15, -0.1) is 0 Å². The highest BCUT2D eigenvalue weighted by atomic mass is 15.1. The molecule has 1 aromatic carbocycles. The van der Waals surface area contributed by atoms with Crippen LogP contribution in [0.1, 0.15) is 18.4 Å². The number of anilines is 1. The molecule has 3 heteroatoms. The van der Waals surface area contributed by atoms with Gasteiger partial charge in [-0.25, -0.2) is 0 Å². The number of hydrogen-bond donors (Lipinski definition) is 1. The molecule has 0 bridgehead atoms. The quantitative estimate of drug-likeness (QED) is 0.835. The highest BCUT2D eigenvalue weighted by molar-refractivity contribution is 5.51. The molecule has 0 aromatic heterocycles. The third-order valence-electron chi connectivity index (χ3n) is 3.07. The van der Waals surface area contributed by atoms with Crippen molar-refractivity contribution in [1.29, 1.82) is 5.26 Å². The Balaban J connectivity index is 2.02. The van der Waals surface area contributed by atoms with E-state index in [1.807, 2.05) is 18.2 Å². The first-order chi connectivity index (χ1) is 7.79. The second kappa shape index (κ2) is 5.00. The zero-order valence-corrected chi connectivity index (χ0v) is 9.61. The lowest BCUT2D eigenvalue weighted by Crippen LogP contribution is -2.35. The van der Waals surface area contributed by atoms with Crippen LogP contribution in [-0.2, 0) is 0 Å². The van der Waals surface area contributed by atoms with Crippen LogP contribution in [0.25, 0.3) is 0 Å². The minimum atomic E-state index is 0.593. The fourth-order valence-corrected chi connectivity index (χ4v) is 2.16. The molecule has 1 aliphatic heterocycles. The predicted molar refractivity (Wildman–Crippen MR) is 65.5 cm³/mol. The van der Waals surface area contributed by atoms with Gasteiger partial charge in [0.15, 0.2) is 0 Å². The van der Waals surface area contributed by atoms with Crippen LogP contribution in [0, 0.1) is 11.3 Å². The lowest BCUT2D eigenvalue weighted by atomic mass is 10.2. The maximum Gasteiger partial charge on any atom is 0.0992 e. The molecule has 1 N–H and O–H groups in total. The number of hydrogen-bond acceptors (Lipinski definition) is 3. The molecule has 1 atom stereocenters. The molecule has 16 heavy (non-hydrogen) atoms. The van der Waals surface area contributed by atoms with Crippen LogP contribution in [0.2, 0.25) is 0 Å². The van der Waals surface area contributed by atoms with Crippen molar-refractivity contribution in [3.05, 3.63) is 29.8 Å². The lowest BCUT2D eigenvalue weighted by Gasteiger charge is -2.23. The Morgan fingerprint density at radius 1 is 1.56 bits per heavy atom. The summed E-state index contributed by atoms with van der Waals surface area (Å²) in [6.07, 6.45) is 2.53. The first-order valence-electron chi connectivity index (χ1n) is 5.74. The van der Waals surface area contributed by atoms with Gasteiger partial charge < -0.3 is 10.2 Å². The molecule has 1 aromatic rings. The maximum atomic E-state index is 8.85. The van der Waals surface area contributed by atoms with E-state index in [9.17, 15) is 0 Å². The Labute approximate surface area is 96.7 Å². The van der Waals surface area contributed by atoms with Crippen LogP contribution >= 0.6 is 0 Å². The second-order valence-electron chi connectivity index (χ2n) is 4.34. The average Bonchev–Trinajstić information content (AvgIpc) is 2.82. The van der Waals surface area contributed by atoms with Gasteiger partial charge in [0.2, 0.25) is 0 Å². The van der Waals surface area contributed by atoms with Gasteiger partial charge in [0.25, 0.3) is 0 Å². The van der Waals surface area contributed by atoms with Crippen molar-refractivity contribution in [3.8, 4) is 6.07 Å². The number of benzene rings is 1. The molecule has 0 aliphatic carbocycles. The van der Waals surface area contributed by atoms with Crippen LogP contribution in [0.3, 0.4) is 0 Å². The van der Waals surface area contributed by atoms with Crippen molar-refractivity contribution in [2.75, 3.05) is 25.0 Å². The summed E-state index contributed by atoms with van der Waals surface area (Å²) in [4.78, 5) is 2.21. The van der Waals surface area contributed by atoms with Crippen molar-refractivity contribution in [1.82, 2.24) is 5.32 Å². The summed E-state index contributed by atoms with van der Waals surface area (Å²) < 4.78 is 0. The van der Waals surface area contributed by atoms with E-state index in [0.717, 1.165) is 24.3 Å². The number of likely N-dealkylation sites (N-methyl/N-ethyl adjacent to an activating group) is 1. The minimum absolute atomic E-state index is 0.593. The van der Waals surface area contributed by atoms with Crippen molar-refractivity contribution >= 4 is 5.69 Å². The van der Waals surface area contributed by atoms with Crippen LogP contribution in [-0.4, -0.2) is 26.2 Å². The van der Waals surface area contributed by atoms with Gasteiger partial charge >= 0.3 is 0 Å². The number of nitrogens with one attached hydrogen (secondary N) is 1. The van der Waals surface area contributed by atoms with Gasteiger partial charge in [-0.2, -0.15) is 5.26 Å². The van der Waals surface area contributed by atoms with E-state index in [1.165, 1.54) is 12.8 Å². The zero-order valence-electron chi connectivity index (χ0n) is 9.61. The molecular weight excluding hydrogens is 198 g/mol. The Morgan fingerprint density at radius 3 is 3.12 bits per heavy atom. The highest BCUT2D eigenvalue weighted by Gasteiger charge is 2.16. The normalized spacial score (nSPS) is 19.4. The Morgan fingerprint density at radius 2 is 2.44 bits per heavy atom. The Kier molecular flexibility index (Phi) is 3.43. The highest BCUT2D eigenvalue weighted by Crippen LogP contribution is 2.16. The summed E-state index contributed by atoms with van der Waals surface area (Å²) in [6, 6.07) is 10.5. The summed E-state index contributed by atoms with van der Waals surface area (Å²) in [5.74, 6) is 0. The fraction of sp³-hybridized carbons (Fsp3) is 0.462. The minimum Gasteiger partial charge on any atom is -0.373 e. The number of nitrogens with zero attached hydrogens (tertiary/aromatic N) is 2. The summed E-state index contributed by atoms with van der Waals surface area (Å²) >= 11 is 0. The van der Waals surface area contributed by atoms with E-state index in [-0.39, 0.29) is 0 Å². The van der Waals surface area contributed by atoms with E-state index in [2.05, 4.69) is 29.4 Å². The van der Waals surface area contributed by atoms with Crippen molar-refractivity contribution in [2.45, 2.75) is 18.9 Å². The second-order valence-corrected chi connectivity index (χ2v) is 4.34. The zero-order chi connectivity index (χ0) is 11.4. The molecule has 1 fully saturated rings. The first-order valence-corrected chi connectivity index (χ1v) is 5.74. The van der Waals surface area contributed by atoms with Gasteiger partial charge in [0, 0.05) is 25.3 Å². The first kappa shape index (κ1) is 11.0. The third-order valence-corrected chi connectivity index (χ3v) is 3.07. The van der Waals surface area contributed by atoms with Crippen molar-refractivity contribution in [2.24, 2.45) is 0 Å². The van der Waals surface area contributed by atoms with Crippen LogP contribution in [0.5, 0.6) is 0 Å². The number of nitriles is 1. The van der Waals surface area contributed by atoms with Gasteiger partial charge in [-0.1, -0.05) is 6.07 Å². The molecule has 1 saturated heterocycles. The molecule has 1 unspecified atom stereocenters. The third kappa shape index (κ3) is 2.53. The van der Waals surface area contributed by atoms with Crippen LogP contribution < -0.4 is 10.2 Å². The fourth-order valence-electron chi connectivity index (χ4n) is 2.16. The summed E-state index contributed by atoms with van der Waals surface area (Å²) in [5, 5.41) is 12.3. The predicted octanol–water partition coefficient (Wildman–Crippen LogP) is 1.75. The van der Waals surface area contributed by atoms with E-state index >= 15 is 0 Å². The molecule has 2 rings (SSSR count). The smallest absolute Gasteiger partial charge is 0.0992 e. The number of rotatable bonds is 3. The molecule has 0 amide bonds. The molecule has 1 aliphatic rings. The Bertz CT molecular complexity index is 388. The topological polar surface area (TPSA) is 39.1 Å². The molecular formula is C13H17N3. The lowest BCUT2D eigenvalue weighted by molar-refractivity contribution is 0.600. The molecule has 0 spiro atoms. The Hall–Kier alpha value is -1.53. The van der Waals surface area contributed by atoms with Crippen molar-refractivity contribution < 1.29 is 0 Å². The average molecular weight is 215 g/mol. The largest absolute Gasteiger partial charge is 0.373 e. The molecule has 0 saturated carbocycles. The molecule has 1 heterocycles. The molecule has 0 radical (unpaired) electrons. The molecule has 84 valence electrons. The van der Waals surface area contributed by atoms with E-state index in [1.54, 1.807) is 0 Å². The van der Waals surface area contributed by atoms with Gasteiger partial charge in [-0.3, -0.25) is 0 Å².